The van der Waals surface area contributed by atoms with Crippen molar-refractivity contribution in [1.82, 2.24) is 15.2 Å². The zero-order valence-electron chi connectivity index (χ0n) is 28.9. The fraction of sp³-hybridized carbons (Fsp3) is 0.231. The molecule has 0 radical (unpaired) electrons. The fourth-order valence-electron chi connectivity index (χ4n) is 6.50. The molecule has 2 aliphatic rings. The number of hydrogen-bond donors (Lipinski definition) is 3. The lowest BCUT2D eigenvalue weighted by Gasteiger charge is -2.53. The lowest BCUT2D eigenvalue weighted by Crippen LogP contribution is -2.74. The van der Waals surface area contributed by atoms with Crippen LogP contribution in [0.5, 0.6) is 0 Å². The normalized spacial score (nSPS) is 19.6. The van der Waals surface area contributed by atoms with Crippen LogP contribution in [-0.4, -0.2) is 74.8 Å². The van der Waals surface area contributed by atoms with E-state index in [4.69, 9.17) is 19.0 Å². The number of benzene rings is 3. The molecule has 5 aromatic rings. The molecule has 0 bridgehead atoms. The standard InChI is InChI=1S/C39H35N5O8S2/c1-25(45)51-23-38(36(48)49)22-44-34(47)32(35(44)54-24-38)41-33(46)31(43-52-20-29-18-11-19-50-29)30-21-53-37(40-30)42-39(26-12-5-2-6-13-26,27-14-7-3-8-15-27)28-16-9-4-10-17-28/h2-19,21,32,35H,20,22-24H2,1H3,(H,40,42)(H,41,46)(H,48,49)/t32?,35-,38?/m1/s1. The van der Waals surface area contributed by atoms with Gasteiger partial charge in [-0.2, -0.15) is 0 Å². The summed E-state index contributed by atoms with van der Waals surface area (Å²) in [5.41, 5.74) is 0.573. The highest BCUT2D eigenvalue weighted by molar-refractivity contribution is 8.00. The van der Waals surface area contributed by atoms with Crippen molar-refractivity contribution in [2.24, 2.45) is 10.6 Å². The largest absolute Gasteiger partial charge is 0.481 e. The molecule has 7 rings (SSSR count). The molecule has 2 aromatic heterocycles. The Hall–Kier alpha value is -5.93. The van der Waals surface area contributed by atoms with Crippen molar-refractivity contribution in [2.75, 3.05) is 24.2 Å². The summed E-state index contributed by atoms with van der Waals surface area (Å²) in [4.78, 5) is 62.8. The number of oxime groups is 1. The Bertz CT molecular complexity index is 2050. The number of aliphatic carboxylic acids is 1. The van der Waals surface area contributed by atoms with Gasteiger partial charge in [-0.15, -0.1) is 23.1 Å². The second kappa shape index (κ2) is 15.6. The van der Waals surface area contributed by atoms with E-state index in [-0.39, 0.29) is 36.9 Å². The number of hydrogen-bond acceptors (Lipinski definition) is 12. The third kappa shape index (κ3) is 7.19. The van der Waals surface area contributed by atoms with Crippen molar-refractivity contribution in [3.05, 3.63) is 143 Å². The molecule has 2 saturated heterocycles. The van der Waals surface area contributed by atoms with Gasteiger partial charge in [-0.25, -0.2) is 4.98 Å². The first kappa shape index (κ1) is 36.4. The maximum atomic E-state index is 14.0. The summed E-state index contributed by atoms with van der Waals surface area (Å²) in [7, 11) is 0. The van der Waals surface area contributed by atoms with Gasteiger partial charge in [0.1, 0.15) is 40.4 Å². The molecule has 13 nitrogen and oxygen atoms in total. The van der Waals surface area contributed by atoms with Crippen molar-refractivity contribution >= 4 is 57.7 Å². The molecule has 15 heteroatoms. The Labute approximate surface area is 318 Å². The predicted molar refractivity (Wildman–Crippen MR) is 202 cm³/mol. The number of rotatable bonds is 14. The van der Waals surface area contributed by atoms with E-state index in [1.54, 1.807) is 17.5 Å². The lowest BCUT2D eigenvalue weighted by molar-refractivity contribution is -0.164. The molecule has 2 unspecified atom stereocenters. The monoisotopic (exact) mass is 765 g/mol. The van der Waals surface area contributed by atoms with Crippen molar-refractivity contribution in [1.29, 1.82) is 0 Å². The number of thiazole rings is 1. The molecule has 276 valence electrons. The van der Waals surface area contributed by atoms with Gasteiger partial charge in [0.05, 0.1) is 6.26 Å². The van der Waals surface area contributed by atoms with E-state index in [1.807, 2.05) is 91.0 Å². The highest BCUT2D eigenvalue weighted by atomic mass is 32.2. The van der Waals surface area contributed by atoms with E-state index in [9.17, 15) is 24.3 Å². The molecular formula is C39H35N5O8S2. The highest BCUT2D eigenvalue weighted by Gasteiger charge is 2.58. The van der Waals surface area contributed by atoms with Crippen LogP contribution in [0.4, 0.5) is 5.13 Å². The number of nitrogens with one attached hydrogen (secondary N) is 2. The average Bonchev–Trinajstić information content (AvgIpc) is 3.90. The summed E-state index contributed by atoms with van der Waals surface area (Å²) < 4.78 is 10.4. The summed E-state index contributed by atoms with van der Waals surface area (Å²) in [6.07, 6.45) is 1.49. The third-order valence-corrected chi connectivity index (χ3v) is 11.6. The van der Waals surface area contributed by atoms with Gasteiger partial charge in [-0.05, 0) is 28.8 Å². The zero-order valence-corrected chi connectivity index (χ0v) is 30.5. The minimum Gasteiger partial charge on any atom is -0.481 e. The highest BCUT2D eigenvalue weighted by Crippen LogP contribution is 2.43. The number of ether oxygens (including phenoxy) is 1. The van der Waals surface area contributed by atoms with Crippen LogP contribution in [0.2, 0.25) is 0 Å². The van der Waals surface area contributed by atoms with Gasteiger partial charge >= 0.3 is 11.9 Å². The smallest absolute Gasteiger partial charge is 0.315 e. The average molecular weight is 766 g/mol. The number of amides is 2. The van der Waals surface area contributed by atoms with E-state index >= 15 is 0 Å². The number of thioether (sulfide) groups is 1. The van der Waals surface area contributed by atoms with E-state index in [0.29, 0.717) is 10.9 Å². The molecular weight excluding hydrogens is 731 g/mol. The van der Waals surface area contributed by atoms with Crippen LogP contribution in [0.3, 0.4) is 0 Å². The van der Waals surface area contributed by atoms with Crippen molar-refractivity contribution in [3.63, 3.8) is 0 Å². The maximum Gasteiger partial charge on any atom is 0.315 e. The first-order valence-electron chi connectivity index (χ1n) is 16.9. The molecule has 0 saturated carbocycles. The van der Waals surface area contributed by atoms with Crippen molar-refractivity contribution in [3.8, 4) is 0 Å². The third-order valence-electron chi connectivity index (χ3n) is 9.26. The number of nitrogens with zero attached hydrogens (tertiary/aromatic N) is 3. The quantitative estimate of drug-likeness (QED) is 0.0452. The van der Waals surface area contributed by atoms with Gasteiger partial charge in [0.2, 0.25) is 5.91 Å². The number of anilines is 1. The van der Waals surface area contributed by atoms with Crippen molar-refractivity contribution < 1.29 is 38.3 Å². The van der Waals surface area contributed by atoms with Gasteiger partial charge < -0.3 is 34.6 Å². The predicted octanol–water partition coefficient (Wildman–Crippen LogP) is 5.10. The number of esters is 1. The second-order valence-electron chi connectivity index (χ2n) is 12.8. The summed E-state index contributed by atoms with van der Waals surface area (Å²) in [5, 5.41) is 22.3. The molecule has 3 atom stereocenters. The Morgan fingerprint density at radius 1 is 0.981 bits per heavy atom. The van der Waals surface area contributed by atoms with Crippen molar-refractivity contribution in [2.45, 2.75) is 30.5 Å². The van der Waals surface area contributed by atoms with Crippen LogP contribution in [-0.2, 0) is 40.9 Å². The molecule has 54 heavy (non-hydrogen) atoms. The van der Waals surface area contributed by atoms with E-state index in [1.165, 1.54) is 41.2 Å². The zero-order chi connectivity index (χ0) is 37.7. The van der Waals surface area contributed by atoms with Crippen LogP contribution in [0.1, 0.15) is 35.1 Å². The molecule has 2 fully saturated rings. The van der Waals surface area contributed by atoms with E-state index in [0.717, 1.165) is 16.7 Å². The van der Waals surface area contributed by atoms with Gasteiger partial charge in [0.25, 0.3) is 5.91 Å². The summed E-state index contributed by atoms with van der Waals surface area (Å²) in [6.45, 7) is 0.590. The van der Waals surface area contributed by atoms with Crippen LogP contribution in [0.15, 0.2) is 124 Å². The van der Waals surface area contributed by atoms with Crippen LogP contribution in [0, 0.1) is 5.41 Å². The van der Waals surface area contributed by atoms with Gasteiger partial charge in [-0.3, -0.25) is 19.2 Å². The molecule has 0 aliphatic carbocycles. The Balaban J connectivity index is 1.17. The number of furan rings is 1. The van der Waals surface area contributed by atoms with Gasteiger partial charge in [0, 0.05) is 24.6 Å². The summed E-state index contributed by atoms with van der Waals surface area (Å²) in [6, 6.07) is 32.5. The maximum absolute atomic E-state index is 14.0. The number of aromatic nitrogens is 1. The molecule has 0 spiro atoms. The number of carboxylic acid groups (broad SMARTS) is 1. The van der Waals surface area contributed by atoms with Gasteiger partial charge in [0.15, 0.2) is 17.5 Å². The minimum atomic E-state index is -1.47. The number of carbonyl (C=O) groups is 4. The number of β-lactam (4-membered cyclic amide) rings is 1. The van der Waals surface area contributed by atoms with Crippen LogP contribution >= 0.6 is 23.1 Å². The van der Waals surface area contributed by atoms with Gasteiger partial charge in [-0.1, -0.05) is 96.2 Å². The minimum absolute atomic E-state index is 0.0631. The summed E-state index contributed by atoms with van der Waals surface area (Å²) in [5.74, 6) is -2.42. The lowest BCUT2D eigenvalue weighted by atomic mass is 9.77. The molecule has 3 aromatic carbocycles. The number of carbonyl (C=O) groups excluding carboxylic acids is 3. The second-order valence-corrected chi connectivity index (χ2v) is 14.8. The molecule has 2 aliphatic heterocycles. The molecule has 3 N–H and O–H groups in total. The number of fused-ring (bicyclic) bond motifs is 1. The van der Waals surface area contributed by atoms with Crippen LogP contribution in [0.25, 0.3) is 0 Å². The molecule has 4 heterocycles. The SMILES string of the molecule is CC(=O)OCC1(C(=O)O)CS[C@@H]2C(NC(=O)C(=NOCc3ccco3)c3csc(NC(c4ccccc4)(c4ccccc4)c4ccccc4)n3)C(=O)N2C1. The fourth-order valence-corrected chi connectivity index (χ4v) is 8.77. The summed E-state index contributed by atoms with van der Waals surface area (Å²) >= 11 is 2.47. The Kier molecular flexibility index (Phi) is 10.5. The topological polar surface area (TPSA) is 173 Å². The molecule has 2 amide bonds. The van der Waals surface area contributed by atoms with E-state index < -0.39 is 46.1 Å². The Morgan fingerprint density at radius 3 is 2.17 bits per heavy atom. The first-order chi connectivity index (χ1) is 26.2. The Morgan fingerprint density at radius 2 is 1.61 bits per heavy atom. The first-order valence-corrected chi connectivity index (χ1v) is 18.9. The number of carboxylic acids is 1. The van der Waals surface area contributed by atoms with Crippen LogP contribution < -0.4 is 10.6 Å². The van der Waals surface area contributed by atoms with E-state index in [2.05, 4.69) is 15.8 Å².